The van der Waals surface area contributed by atoms with Gasteiger partial charge in [-0.15, -0.1) is 0 Å². The van der Waals surface area contributed by atoms with Gasteiger partial charge in [0.1, 0.15) is 5.75 Å². The summed E-state index contributed by atoms with van der Waals surface area (Å²) >= 11 is 11.8. The van der Waals surface area contributed by atoms with Gasteiger partial charge in [0.05, 0.1) is 5.02 Å². The fourth-order valence-corrected chi connectivity index (χ4v) is 1.81. The zero-order valence-electron chi connectivity index (χ0n) is 11.2. The smallest absolute Gasteiger partial charge is 0.260 e. The maximum atomic E-state index is 11.8. The van der Waals surface area contributed by atoms with Gasteiger partial charge in [0, 0.05) is 18.1 Å². The van der Waals surface area contributed by atoms with E-state index in [0.29, 0.717) is 22.3 Å². The third-order valence-corrected chi connectivity index (χ3v) is 2.96. The summed E-state index contributed by atoms with van der Waals surface area (Å²) < 4.78 is 5.50. The van der Waals surface area contributed by atoms with Gasteiger partial charge in [-0.05, 0) is 39.2 Å². The number of amides is 1. The van der Waals surface area contributed by atoms with Gasteiger partial charge < -0.3 is 15.0 Å². The number of ether oxygens (including phenoxy) is 1. The number of nitrogens with zero attached hydrogens (tertiary/aromatic N) is 1. The van der Waals surface area contributed by atoms with E-state index in [0.717, 1.165) is 6.54 Å². The highest BCUT2D eigenvalue weighted by molar-refractivity contribution is 6.35. The number of rotatable bonds is 6. The average Bonchev–Trinajstić information content (AvgIpc) is 2.32. The van der Waals surface area contributed by atoms with Crippen LogP contribution in [0.2, 0.25) is 10.0 Å². The first-order valence-electron chi connectivity index (χ1n) is 5.94. The Kier molecular flexibility index (Phi) is 6.42. The van der Waals surface area contributed by atoms with Gasteiger partial charge in [-0.25, -0.2) is 0 Å². The fourth-order valence-electron chi connectivity index (χ4n) is 1.36. The summed E-state index contributed by atoms with van der Waals surface area (Å²) in [6.07, 6.45) is -0.610. The summed E-state index contributed by atoms with van der Waals surface area (Å²) in [4.78, 5) is 13.8. The van der Waals surface area contributed by atoms with E-state index in [9.17, 15) is 4.79 Å². The maximum absolute atomic E-state index is 11.8. The van der Waals surface area contributed by atoms with Crippen LogP contribution in [0.15, 0.2) is 18.2 Å². The lowest BCUT2D eigenvalue weighted by molar-refractivity contribution is -0.127. The SMILES string of the molecule is C[C@H](Oc1ccc(Cl)cc1Cl)C(=O)NCCN(C)C. The van der Waals surface area contributed by atoms with Crippen molar-refractivity contribution in [1.82, 2.24) is 10.2 Å². The molecule has 0 aliphatic carbocycles. The zero-order valence-corrected chi connectivity index (χ0v) is 12.8. The van der Waals surface area contributed by atoms with E-state index in [1.807, 2.05) is 19.0 Å². The Balaban J connectivity index is 2.49. The standard InChI is InChI=1S/C13H18Cl2N2O2/c1-9(13(18)16-6-7-17(2)3)19-12-5-4-10(14)8-11(12)15/h4-5,8-9H,6-7H2,1-3H3,(H,16,18)/t9-/m0/s1. The van der Waals surface area contributed by atoms with Gasteiger partial charge in [-0.1, -0.05) is 23.2 Å². The molecule has 1 amide bonds. The minimum absolute atomic E-state index is 0.173. The molecule has 1 rings (SSSR count). The van der Waals surface area contributed by atoms with Crippen molar-refractivity contribution in [1.29, 1.82) is 0 Å². The Morgan fingerprint density at radius 3 is 2.68 bits per heavy atom. The molecular formula is C13H18Cl2N2O2. The fraction of sp³-hybridized carbons (Fsp3) is 0.462. The lowest BCUT2D eigenvalue weighted by Gasteiger charge is -2.16. The van der Waals surface area contributed by atoms with E-state index in [4.69, 9.17) is 27.9 Å². The second kappa shape index (κ2) is 7.58. The molecule has 0 saturated heterocycles. The molecule has 0 spiro atoms. The molecule has 0 saturated carbocycles. The van der Waals surface area contributed by atoms with Crippen LogP contribution in [-0.4, -0.2) is 44.1 Å². The van der Waals surface area contributed by atoms with E-state index >= 15 is 0 Å². The summed E-state index contributed by atoms with van der Waals surface area (Å²) in [5.41, 5.74) is 0. The molecular weight excluding hydrogens is 287 g/mol. The van der Waals surface area contributed by atoms with Gasteiger partial charge in [0.2, 0.25) is 0 Å². The molecule has 0 bridgehead atoms. The van der Waals surface area contributed by atoms with Gasteiger partial charge in [-0.3, -0.25) is 4.79 Å². The number of carbonyl (C=O) groups excluding carboxylic acids is 1. The van der Waals surface area contributed by atoms with Crippen LogP contribution < -0.4 is 10.1 Å². The number of hydrogen-bond acceptors (Lipinski definition) is 3. The molecule has 6 heteroatoms. The first-order valence-corrected chi connectivity index (χ1v) is 6.70. The summed E-state index contributed by atoms with van der Waals surface area (Å²) in [7, 11) is 3.89. The van der Waals surface area contributed by atoms with E-state index in [2.05, 4.69) is 5.32 Å². The largest absolute Gasteiger partial charge is 0.479 e. The summed E-state index contributed by atoms with van der Waals surface area (Å²) in [6.45, 7) is 3.03. The first kappa shape index (κ1) is 16.1. The van der Waals surface area contributed by atoms with E-state index in [1.54, 1.807) is 25.1 Å². The third-order valence-electron chi connectivity index (χ3n) is 2.43. The topological polar surface area (TPSA) is 41.6 Å². The molecule has 0 aromatic heterocycles. The van der Waals surface area contributed by atoms with Crippen molar-refractivity contribution in [3.63, 3.8) is 0 Å². The normalized spacial score (nSPS) is 12.3. The monoisotopic (exact) mass is 304 g/mol. The molecule has 1 aromatic carbocycles. The zero-order chi connectivity index (χ0) is 14.4. The summed E-state index contributed by atoms with van der Waals surface area (Å²) in [5, 5.41) is 3.71. The molecule has 1 atom stereocenters. The molecule has 0 unspecified atom stereocenters. The van der Waals surface area contributed by atoms with Crippen molar-refractivity contribution in [2.75, 3.05) is 27.2 Å². The van der Waals surface area contributed by atoms with Crippen LogP contribution in [0.25, 0.3) is 0 Å². The average molecular weight is 305 g/mol. The number of likely N-dealkylation sites (N-methyl/N-ethyl adjacent to an activating group) is 1. The van der Waals surface area contributed by atoms with Crippen LogP contribution >= 0.6 is 23.2 Å². The van der Waals surface area contributed by atoms with Crippen LogP contribution in [0.5, 0.6) is 5.75 Å². The Labute approximate surface area is 123 Å². The molecule has 4 nitrogen and oxygen atoms in total. The predicted octanol–water partition coefficient (Wildman–Crippen LogP) is 2.44. The second-order valence-electron chi connectivity index (χ2n) is 4.43. The van der Waals surface area contributed by atoms with Gasteiger partial charge in [0.15, 0.2) is 6.10 Å². The summed E-state index contributed by atoms with van der Waals surface area (Å²) in [6, 6.07) is 4.89. The highest BCUT2D eigenvalue weighted by Crippen LogP contribution is 2.28. The van der Waals surface area contributed by atoms with Crippen LogP contribution in [0.3, 0.4) is 0 Å². The van der Waals surface area contributed by atoms with Crippen molar-refractivity contribution < 1.29 is 9.53 Å². The van der Waals surface area contributed by atoms with Gasteiger partial charge in [0.25, 0.3) is 5.91 Å². The number of carbonyl (C=O) groups is 1. The maximum Gasteiger partial charge on any atom is 0.260 e. The molecule has 1 aromatic rings. The molecule has 0 fully saturated rings. The van der Waals surface area contributed by atoms with E-state index in [-0.39, 0.29) is 5.91 Å². The minimum atomic E-state index is -0.610. The Morgan fingerprint density at radius 1 is 1.42 bits per heavy atom. The Bertz CT molecular complexity index is 439. The summed E-state index contributed by atoms with van der Waals surface area (Å²) in [5.74, 6) is 0.272. The van der Waals surface area contributed by atoms with E-state index in [1.165, 1.54) is 0 Å². The second-order valence-corrected chi connectivity index (χ2v) is 5.27. The molecule has 0 heterocycles. The Morgan fingerprint density at radius 2 is 2.11 bits per heavy atom. The molecule has 0 radical (unpaired) electrons. The van der Waals surface area contributed by atoms with Crippen molar-refractivity contribution in [3.05, 3.63) is 28.2 Å². The molecule has 0 aliphatic heterocycles. The number of hydrogen-bond donors (Lipinski definition) is 1. The Hall–Kier alpha value is -0.970. The highest BCUT2D eigenvalue weighted by Gasteiger charge is 2.15. The van der Waals surface area contributed by atoms with Crippen LogP contribution in [-0.2, 0) is 4.79 Å². The lowest BCUT2D eigenvalue weighted by atomic mass is 10.3. The predicted molar refractivity (Wildman–Crippen MR) is 78.1 cm³/mol. The molecule has 106 valence electrons. The molecule has 0 aliphatic rings. The van der Waals surface area contributed by atoms with Crippen molar-refractivity contribution in [3.8, 4) is 5.75 Å². The van der Waals surface area contributed by atoms with Gasteiger partial charge >= 0.3 is 0 Å². The van der Waals surface area contributed by atoms with E-state index < -0.39 is 6.10 Å². The van der Waals surface area contributed by atoms with Crippen molar-refractivity contribution >= 4 is 29.1 Å². The minimum Gasteiger partial charge on any atom is -0.479 e. The first-order chi connectivity index (χ1) is 8.90. The number of benzene rings is 1. The van der Waals surface area contributed by atoms with Crippen LogP contribution in [0.1, 0.15) is 6.92 Å². The van der Waals surface area contributed by atoms with Crippen molar-refractivity contribution in [2.24, 2.45) is 0 Å². The van der Waals surface area contributed by atoms with Crippen molar-refractivity contribution in [2.45, 2.75) is 13.0 Å². The molecule has 1 N–H and O–H groups in total. The van der Waals surface area contributed by atoms with Crippen LogP contribution in [0.4, 0.5) is 0 Å². The number of nitrogens with one attached hydrogen (secondary N) is 1. The third kappa shape index (κ3) is 5.68. The quantitative estimate of drug-likeness (QED) is 0.878. The van der Waals surface area contributed by atoms with Gasteiger partial charge in [-0.2, -0.15) is 0 Å². The molecule has 19 heavy (non-hydrogen) atoms. The lowest BCUT2D eigenvalue weighted by Crippen LogP contribution is -2.39. The van der Waals surface area contributed by atoms with Crippen LogP contribution in [0, 0.1) is 0 Å². The highest BCUT2D eigenvalue weighted by atomic mass is 35.5. The number of halogens is 2.